The van der Waals surface area contributed by atoms with Gasteiger partial charge in [0, 0.05) is 32.2 Å². The van der Waals surface area contributed by atoms with Crippen molar-refractivity contribution in [3.05, 3.63) is 29.8 Å². The first-order chi connectivity index (χ1) is 10.6. The molecule has 5 nitrogen and oxygen atoms in total. The Labute approximate surface area is 134 Å². The molecule has 0 unspecified atom stereocenters. The van der Waals surface area contributed by atoms with E-state index in [4.69, 9.17) is 4.74 Å². The minimum Gasteiger partial charge on any atom is -0.492 e. The van der Waals surface area contributed by atoms with Gasteiger partial charge in [0.25, 0.3) is 5.91 Å². The van der Waals surface area contributed by atoms with Gasteiger partial charge in [-0.3, -0.25) is 4.79 Å². The van der Waals surface area contributed by atoms with Crippen LogP contribution in [0, 0.1) is 0 Å². The van der Waals surface area contributed by atoms with Gasteiger partial charge in [0.1, 0.15) is 12.4 Å². The third-order valence-electron chi connectivity index (χ3n) is 3.72. The number of carbonyl (C=O) groups is 1. The minimum atomic E-state index is 0.0324. The Morgan fingerprint density at radius 1 is 1.14 bits per heavy atom. The predicted octanol–water partition coefficient (Wildman–Crippen LogP) is 1.70. The predicted molar refractivity (Wildman–Crippen MR) is 90.6 cm³/mol. The molecule has 5 heteroatoms. The number of nitrogens with zero attached hydrogens (tertiary/aromatic N) is 2. The number of ether oxygens (including phenoxy) is 1. The van der Waals surface area contributed by atoms with E-state index in [1.165, 1.54) is 0 Å². The van der Waals surface area contributed by atoms with Gasteiger partial charge in [-0.1, -0.05) is 13.8 Å². The SMILES string of the molecule is CCN(CC)CCOc1ccc(C(=O)N(C)CCNC)cc1. The summed E-state index contributed by atoms with van der Waals surface area (Å²) in [6.45, 7) is 9.42. The van der Waals surface area contributed by atoms with Crippen LogP contribution in [-0.4, -0.2) is 69.1 Å². The summed E-state index contributed by atoms with van der Waals surface area (Å²) in [5.41, 5.74) is 0.690. The summed E-state index contributed by atoms with van der Waals surface area (Å²) in [6, 6.07) is 7.37. The summed E-state index contributed by atoms with van der Waals surface area (Å²) < 4.78 is 5.72. The summed E-state index contributed by atoms with van der Waals surface area (Å²) in [6.07, 6.45) is 0. The average Bonchev–Trinajstić information content (AvgIpc) is 2.56. The van der Waals surface area contributed by atoms with Gasteiger partial charge >= 0.3 is 0 Å². The molecule has 0 aromatic heterocycles. The molecule has 0 fully saturated rings. The van der Waals surface area contributed by atoms with E-state index >= 15 is 0 Å². The van der Waals surface area contributed by atoms with Gasteiger partial charge in [-0.2, -0.15) is 0 Å². The summed E-state index contributed by atoms with van der Waals surface area (Å²) in [7, 11) is 3.69. The molecular weight excluding hydrogens is 278 g/mol. The van der Waals surface area contributed by atoms with Crippen LogP contribution in [0.25, 0.3) is 0 Å². The Morgan fingerprint density at radius 2 is 1.77 bits per heavy atom. The van der Waals surface area contributed by atoms with Crippen molar-refractivity contribution in [3.8, 4) is 5.75 Å². The molecule has 0 aliphatic rings. The van der Waals surface area contributed by atoms with Crippen LogP contribution in [0.2, 0.25) is 0 Å². The standard InChI is InChI=1S/C17H29N3O2/c1-5-20(6-2)13-14-22-16-9-7-15(8-10-16)17(21)19(4)12-11-18-3/h7-10,18H,5-6,11-14H2,1-4H3. The van der Waals surface area contributed by atoms with Crippen LogP contribution in [0.3, 0.4) is 0 Å². The van der Waals surface area contributed by atoms with Gasteiger partial charge in [0.05, 0.1) is 0 Å². The van der Waals surface area contributed by atoms with Crippen molar-refractivity contribution < 1.29 is 9.53 Å². The van der Waals surface area contributed by atoms with E-state index in [9.17, 15) is 4.79 Å². The topological polar surface area (TPSA) is 44.8 Å². The van der Waals surface area contributed by atoms with Crippen molar-refractivity contribution in [1.82, 2.24) is 15.1 Å². The van der Waals surface area contributed by atoms with Gasteiger partial charge in [0.15, 0.2) is 0 Å². The van der Waals surface area contributed by atoms with Crippen LogP contribution in [0.15, 0.2) is 24.3 Å². The van der Waals surface area contributed by atoms with Crippen LogP contribution in [0.1, 0.15) is 24.2 Å². The van der Waals surface area contributed by atoms with Crippen LogP contribution < -0.4 is 10.1 Å². The molecule has 22 heavy (non-hydrogen) atoms. The number of benzene rings is 1. The smallest absolute Gasteiger partial charge is 0.253 e. The third-order valence-corrected chi connectivity index (χ3v) is 3.72. The largest absolute Gasteiger partial charge is 0.492 e. The highest BCUT2D eigenvalue weighted by Gasteiger charge is 2.11. The first-order valence-electron chi connectivity index (χ1n) is 7.97. The Hall–Kier alpha value is -1.59. The zero-order valence-electron chi connectivity index (χ0n) is 14.3. The maximum Gasteiger partial charge on any atom is 0.253 e. The third kappa shape index (κ3) is 6.03. The number of hydrogen-bond donors (Lipinski definition) is 1. The normalized spacial score (nSPS) is 10.8. The van der Waals surface area contributed by atoms with Gasteiger partial charge < -0.3 is 19.9 Å². The highest BCUT2D eigenvalue weighted by Crippen LogP contribution is 2.13. The van der Waals surface area contributed by atoms with Gasteiger partial charge in [-0.15, -0.1) is 0 Å². The average molecular weight is 307 g/mol. The van der Waals surface area contributed by atoms with Crippen molar-refractivity contribution in [1.29, 1.82) is 0 Å². The molecule has 1 aromatic carbocycles. The molecule has 0 heterocycles. The molecule has 1 N–H and O–H groups in total. The monoisotopic (exact) mass is 307 g/mol. The fourth-order valence-corrected chi connectivity index (χ4v) is 2.13. The minimum absolute atomic E-state index is 0.0324. The molecule has 0 aliphatic carbocycles. The lowest BCUT2D eigenvalue weighted by molar-refractivity contribution is 0.0797. The summed E-state index contributed by atoms with van der Waals surface area (Å²) in [4.78, 5) is 16.2. The Balaban J connectivity index is 2.47. The van der Waals surface area contributed by atoms with Crippen molar-refractivity contribution in [2.45, 2.75) is 13.8 Å². The number of amides is 1. The van der Waals surface area contributed by atoms with Crippen LogP contribution in [0.4, 0.5) is 0 Å². The second kappa shape index (κ2) is 10.2. The number of hydrogen-bond acceptors (Lipinski definition) is 4. The number of likely N-dealkylation sites (N-methyl/N-ethyl adjacent to an activating group) is 3. The lowest BCUT2D eigenvalue weighted by atomic mass is 10.2. The van der Waals surface area contributed by atoms with Gasteiger partial charge in [-0.05, 0) is 44.4 Å². The van der Waals surface area contributed by atoms with E-state index in [-0.39, 0.29) is 5.91 Å². The molecule has 1 aromatic rings. The Kier molecular flexibility index (Phi) is 8.55. The van der Waals surface area contributed by atoms with Gasteiger partial charge in [-0.25, -0.2) is 0 Å². The summed E-state index contributed by atoms with van der Waals surface area (Å²) in [5, 5.41) is 3.04. The second-order valence-corrected chi connectivity index (χ2v) is 5.23. The second-order valence-electron chi connectivity index (χ2n) is 5.23. The zero-order valence-corrected chi connectivity index (χ0v) is 14.3. The number of nitrogens with one attached hydrogen (secondary N) is 1. The molecule has 0 spiro atoms. The molecule has 0 saturated carbocycles. The maximum absolute atomic E-state index is 12.2. The molecule has 0 saturated heterocycles. The molecule has 124 valence electrons. The number of carbonyl (C=O) groups excluding carboxylic acids is 1. The van der Waals surface area contributed by atoms with E-state index in [1.807, 2.05) is 38.4 Å². The van der Waals surface area contributed by atoms with E-state index in [1.54, 1.807) is 4.90 Å². The van der Waals surface area contributed by atoms with Crippen molar-refractivity contribution in [2.24, 2.45) is 0 Å². The van der Waals surface area contributed by atoms with E-state index in [0.29, 0.717) is 18.7 Å². The Bertz CT molecular complexity index is 430. The molecule has 0 radical (unpaired) electrons. The lowest BCUT2D eigenvalue weighted by Crippen LogP contribution is -2.32. The maximum atomic E-state index is 12.2. The molecule has 1 rings (SSSR count). The highest BCUT2D eigenvalue weighted by atomic mass is 16.5. The summed E-state index contributed by atoms with van der Waals surface area (Å²) in [5.74, 6) is 0.839. The van der Waals surface area contributed by atoms with Gasteiger partial charge in [0.2, 0.25) is 0 Å². The van der Waals surface area contributed by atoms with Crippen molar-refractivity contribution >= 4 is 5.91 Å². The van der Waals surface area contributed by atoms with E-state index in [2.05, 4.69) is 24.1 Å². The molecule has 1 amide bonds. The quantitative estimate of drug-likeness (QED) is 0.714. The highest BCUT2D eigenvalue weighted by molar-refractivity contribution is 5.94. The Morgan fingerprint density at radius 3 is 2.32 bits per heavy atom. The molecular formula is C17H29N3O2. The lowest BCUT2D eigenvalue weighted by Gasteiger charge is -2.18. The number of rotatable bonds is 10. The summed E-state index contributed by atoms with van der Waals surface area (Å²) >= 11 is 0. The van der Waals surface area contributed by atoms with Crippen molar-refractivity contribution in [3.63, 3.8) is 0 Å². The fraction of sp³-hybridized carbons (Fsp3) is 0.588. The zero-order chi connectivity index (χ0) is 16.4. The first kappa shape index (κ1) is 18.5. The van der Waals surface area contributed by atoms with Crippen LogP contribution >= 0.6 is 0 Å². The van der Waals surface area contributed by atoms with E-state index < -0.39 is 0 Å². The van der Waals surface area contributed by atoms with E-state index in [0.717, 1.165) is 31.9 Å². The fourth-order valence-electron chi connectivity index (χ4n) is 2.13. The molecule has 0 aliphatic heterocycles. The first-order valence-corrected chi connectivity index (χ1v) is 7.97. The van der Waals surface area contributed by atoms with Crippen LogP contribution in [-0.2, 0) is 0 Å². The van der Waals surface area contributed by atoms with Crippen molar-refractivity contribution in [2.75, 3.05) is 53.4 Å². The molecule has 0 atom stereocenters. The molecule has 0 bridgehead atoms. The van der Waals surface area contributed by atoms with Crippen LogP contribution in [0.5, 0.6) is 5.75 Å².